The van der Waals surface area contributed by atoms with Gasteiger partial charge in [-0.2, -0.15) is 0 Å². The third-order valence-corrected chi connectivity index (χ3v) is 5.40. The molecular formula is C23H28N4O2S. The number of para-hydroxylation sites is 1. The summed E-state index contributed by atoms with van der Waals surface area (Å²) < 4.78 is 8.08. The van der Waals surface area contributed by atoms with Gasteiger partial charge in [-0.25, -0.2) is 0 Å². The van der Waals surface area contributed by atoms with Crippen LogP contribution in [0.1, 0.15) is 30.8 Å². The zero-order chi connectivity index (χ0) is 21.5. The van der Waals surface area contributed by atoms with Crippen LogP contribution < -0.4 is 10.1 Å². The Balaban J connectivity index is 1.66. The van der Waals surface area contributed by atoms with Crippen LogP contribution in [0, 0.1) is 19.8 Å². The molecule has 1 heterocycles. The second-order valence-corrected chi connectivity index (χ2v) is 8.61. The highest BCUT2D eigenvalue weighted by Crippen LogP contribution is 2.23. The lowest BCUT2D eigenvalue weighted by atomic mass is 10.1. The fourth-order valence-electron chi connectivity index (χ4n) is 2.93. The van der Waals surface area contributed by atoms with Crippen molar-refractivity contribution < 1.29 is 9.53 Å². The molecular weight excluding hydrogens is 396 g/mol. The molecule has 6 nitrogen and oxygen atoms in total. The lowest BCUT2D eigenvalue weighted by molar-refractivity contribution is -0.113. The summed E-state index contributed by atoms with van der Waals surface area (Å²) in [6.45, 7) is 9.46. The Labute approximate surface area is 182 Å². The first kappa shape index (κ1) is 21.9. The van der Waals surface area contributed by atoms with E-state index < -0.39 is 0 Å². The van der Waals surface area contributed by atoms with Gasteiger partial charge < -0.3 is 14.6 Å². The fraction of sp³-hybridized carbons (Fsp3) is 0.348. The number of carbonyl (C=O) groups excluding carboxylic acids is 1. The monoisotopic (exact) mass is 424 g/mol. The normalized spacial score (nSPS) is 11.0. The molecule has 0 fully saturated rings. The zero-order valence-electron chi connectivity index (χ0n) is 17.9. The predicted molar refractivity (Wildman–Crippen MR) is 121 cm³/mol. The van der Waals surface area contributed by atoms with E-state index in [2.05, 4.69) is 46.1 Å². The van der Waals surface area contributed by atoms with E-state index in [9.17, 15) is 4.79 Å². The van der Waals surface area contributed by atoms with Crippen molar-refractivity contribution in [3.63, 3.8) is 0 Å². The smallest absolute Gasteiger partial charge is 0.234 e. The van der Waals surface area contributed by atoms with Crippen LogP contribution in [0.3, 0.4) is 0 Å². The first-order valence-electron chi connectivity index (χ1n) is 10.0. The van der Waals surface area contributed by atoms with Crippen LogP contribution in [0.5, 0.6) is 5.75 Å². The number of hydrogen-bond donors (Lipinski definition) is 1. The van der Waals surface area contributed by atoms with Gasteiger partial charge in [-0.3, -0.25) is 4.79 Å². The number of benzene rings is 2. The zero-order valence-corrected chi connectivity index (χ0v) is 18.7. The standard InChI is InChI=1S/C23H28N4O2S/c1-16(2)13-27-21(14-29-20-12-17(3)10-11-18(20)4)25-26-23(27)30-15-22(28)24-19-8-6-5-7-9-19/h5-12,16H,13-15H2,1-4H3,(H,24,28). The summed E-state index contributed by atoms with van der Waals surface area (Å²) in [6.07, 6.45) is 0. The average molecular weight is 425 g/mol. The molecule has 0 aliphatic rings. The number of carbonyl (C=O) groups is 1. The van der Waals surface area contributed by atoms with E-state index >= 15 is 0 Å². The Morgan fingerprint density at radius 3 is 2.63 bits per heavy atom. The predicted octanol–water partition coefficient (Wildman–Crippen LogP) is 4.86. The number of aromatic nitrogens is 3. The Morgan fingerprint density at radius 1 is 1.13 bits per heavy atom. The molecule has 3 rings (SSSR count). The van der Waals surface area contributed by atoms with E-state index in [1.54, 1.807) is 0 Å². The largest absolute Gasteiger partial charge is 0.485 e. The maximum atomic E-state index is 12.3. The molecule has 7 heteroatoms. The SMILES string of the molecule is Cc1ccc(C)c(OCc2nnc(SCC(=O)Nc3ccccc3)n2CC(C)C)c1. The van der Waals surface area contributed by atoms with Crippen LogP contribution in [0.2, 0.25) is 0 Å². The summed E-state index contributed by atoms with van der Waals surface area (Å²) in [5, 5.41) is 12.3. The van der Waals surface area contributed by atoms with E-state index in [0.29, 0.717) is 12.5 Å². The fourth-order valence-corrected chi connectivity index (χ4v) is 3.70. The summed E-state index contributed by atoms with van der Waals surface area (Å²) in [6, 6.07) is 15.6. The van der Waals surface area contributed by atoms with Crippen LogP contribution in [-0.4, -0.2) is 26.4 Å². The minimum Gasteiger partial charge on any atom is -0.485 e. The number of nitrogens with zero attached hydrogens (tertiary/aromatic N) is 3. The molecule has 1 N–H and O–H groups in total. The minimum atomic E-state index is -0.0708. The van der Waals surface area contributed by atoms with E-state index in [1.165, 1.54) is 11.8 Å². The van der Waals surface area contributed by atoms with Crippen molar-refractivity contribution in [3.05, 3.63) is 65.5 Å². The number of hydrogen-bond acceptors (Lipinski definition) is 5. The number of thioether (sulfide) groups is 1. The van der Waals surface area contributed by atoms with Gasteiger partial charge >= 0.3 is 0 Å². The molecule has 0 aliphatic carbocycles. The lowest BCUT2D eigenvalue weighted by Crippen LogP contribution is -2.16. The van der Waals surface area contributed by atoms with Crippen molar-refractivity contribution >= 4 is 23.4 Å². The molecule has 1 amide bonds. The Bertz CT molecular complexity index is 986. The summed E-state index contributed by atoms with van der Waals surface area (Å²) in [5.74, 6) is 2.22. The van der Waals surface area contributed by atoms with Gasteiger partial charge in [0.15, 0.2) is 11.0 Å². The third kappa shape index (κ3) is 6.10. The van der Waals surface area contributed by atoms with Gasteiger partial charge in [-0.05, 0) is 49.1 Å². The van der Waals surface area contributed by atoms with Crippen LogP contribution in [-0.2, 0) is 17.9 Å². The van der Waals surface area contributed by atoms with Crippen LogP contribution >= 0.6 is 11.8 Å². The lowest BCUT2D eigenvalue weighted by Gasteiger charge is -2.14. The maximum Gasteiger partial charge on any atom is 0.234 e. The molecule has 0 atom stereocenters. The van der Waals surface area contributed by atoms with Gasteiger partial charge in [0.2, 0.25) is 5.91 Å². The van der Waals surface area contributed by atoms with Gasteiger partial charge in [0.1, 0.15) is 12.4 Å². The van der Waals surface area contributed by atoms with Gasteiger partial charge in [-0.15, -0.1) is 10.2 Å². The summed E-state index contributed by atoms with van der Waals surface area (Å²) in [4.78, 5) is 12.3. The Hall–Kier alpha value is -2.80. The van der Waals surface area contributed by atoms with Crippen LogP contribution in [0.25, 0.3) is 0 Å². The molecule has 0 saturated heterocycles. The summed E-state index contributed by atoms with van der Waals surface area (Å²) in [5.41, 5.74) is 3.02. The minimum absolute atomic E-state index is 0.0708. The number of ether oxygens (including phenoxy) is 1. The second kappa shape index (κ2) is 10.3. The van der Waals surface area contributed by atoms with Crippen LogP contribution in [0.4, 0.5) is 5.69 Å². The summed E-state index contributed by atoms with van der Waals surface area (Å²) in [7, 11) is 0. The summed E-state index contributed by atoms with van der Waals surface area (Å²) >= 11 is 1.39. The molecule has 0 spiro atoms. The van der Waals surface area contributed by atoms with Crippen molar-refractivity contribution in [2.45, 2.75) is 46.0 Å². The van der Waals surface area contributed by atoms with Crippen molar-refractivity contribution in [1.82, 2.24) is 14.8 Å². The molecule has 3 aromatic rings. The van der Waals surface area contributed by atoms with Crippen LogP contribution in [0.15, 0.2) is 53.7 Å². The quantitative estimate of drug-likeness (QED) is 0.497. The molecule has 0 aliphatic heterocycles. The molecule has 0 unspecified atom stereocenters. The highest BCUT2D eigenvalue weighted by Gasteiger charge is 2.16. The van der Waals surface area contributed by atoms with E-state index in [-0.39, 0.29) is 11.7 Å². The average Bonchev–Trinajstić information content (AvgIpc) is 3.08. The van der Waals surface area contributed by atoms with E-state index in [1.807, 2.05) is 50.2 Å². The van der Waals surface area contributed by atoms with E-state index in [4.69, 9.17) is 4.74 Å². The number of aryl methyl sites for hydroxylation is 2. The first-order chi connectivity index (χ1) is 14.4. The topological polar surface area (TPSA) is 69.0 Å². The molecule has 2 aromatic carbocycles. The van der Waals surface area contributed by atoms with Gasteiger partial charge in [-0.1, -0.05) is 55.9 Å². The Morgan fingerprint density at radius 2 is 1.90 bits per heavy atom. The van der Waals surface area contributed by atoms with E-state index in [0.717, 1.165) is 40.1 Å². The van der Waals surface area contributed by atoms with Crippen molar-refractivity contribution in [2.24, 2.45) is 5.92 Å². The second-order valence-electron chi connectivity index (χ2n) is 7.66. The van der Waals surface area contributed by atoms with Gasteiger partial charge in [0, 0.05) is 12.2 Å². The van der Waals surface area contributed by atoms with Crippen molar-refractivity contribution in [2.75, 3.05) is 11.1 Å². The molecule has 30 heavy (non-hydrogen) atoms. The number of anilines is 1. The molecule has 158 valence electrons. The number of amides is 1. The molecule has 0 bridgehead atoms. The first-order valence-corrected chi connectivity index (χ1v) is 11.0. The number of nitrogens with one attached hydrogen (secondary N) is 1. The molecule has 1 aromatic heterocycles. The molecule has 0 radical (unpaired) electrons. The maximum absolute atomic E-state index is 12.3. The Kier molecular flexibility index (Phi) is 7.52. The van der Waals surface area contributed by atoms with Crippen molar-refractivity contribution in [3.8, 4) is 5.75 Å². The highest BCUT2D eigenvalue weighted by atomic mass is 32.2. The van der Waals surface area contributed by atoms with Gasteiger partial charge in [0.25, 0.3) is 0 Å². The molecule has 0 saturated carbocycles. The number of rotatable bonds is 9. The third-order valence-electron chi connectivity index (χ3n) is 4.43. The highest BCUT2D eigenvalue weighted by molar-refractivity contribution is 7.99. The van der Waals surface area contributed by atoms with Gasteiger partial charge in [0.05, 0.1) is 5.75 Å². The van der Waals surface area contributed by atoms with Crippen molar-refractivity contribution in [1.29, 1.82) is 0 Å².